The Bertz CT molecular complexity index is 594. The molecular formula is C11H12F3NO3S. The summed E-state index contributed by atoms with van der Waals surface area (Å²) in [6, 6.07) is 2.34. The van der Waals surface area contributed by atoms with Crippen molar-refractivity contribution in [3.05, 3.63) is 29.3 Å². The highest BCUT2D eigenvalue weighted by atomic mass is 32.2. The average molecular weight is 295 g/mol. The molecule has 0 unspecified atom stereocenters. The molecule has 106 valence electrons. The summed E-state index contributed by atoms with van der Waals surface area (Å²) in [4.78, 5) is 10.2. The standard InChI is InChI=1S/C11H12F3NO3S/c1-7(16)2-3-8-4-9(11(12,13)14)6-10(5-8)19(15,17)18/h4-6H,2-3H2,1H3,(H2,15,17,18). The molecule has 4 nitrogen and oxygen atoms in total. The van der Waals surface area contributed by atoms with Gasteiger partial charge in [-0.05, 0) is 37.1 Å². The maximum absolute atomic E-state index is 12.6. The largest absolute Gasteiger partial charge is 0.416 e. The Balaban J connectivity index is 3.29. The summed E-state index contributed by atoms with van der Waals surface area (Å²) >= 11 is 0. The number of Topliss-reactive ketones (excluding diaryl/α,β-unsaturated/α-hetero) is 1. The van der Waals surface area contributed by atoms with E-state index in [9.17, 15) is 26.4 Å². The molecule has 0 fully saturated rings. The van der Waals surface area contributed by atoms with Crippen LogP contribution < -0.4 is 5.14 Å². The minimum atomic E-state index is -4.67. The lowest BCUT2D eigenvalue weighted by atomic mass is 10.0. The quantitative estimate of drug-likeness (QED) is 0.921. The molecule has 0 heterocycles. The Hall–Kier alpha value is -1.41. The maximum atomic E-state index is 12.6. The van der Waals surface area contributed by atoms with Gasteiger partial charge in [0.25, 0.3) is 0 Å². The van der Waals surface area contributed by atoms with Gasteiger partial charge in [-0.15, -0.1) is 0 Å². The fraction of sp³-hybridized carbons (Fsp3) is 0.364. The molecule has 0 aromatic heterocycles. The summed E-state index contributed by atoms with van der Waals surface area (Å²) in [5, 5.41) is 4.83. The van der Waals surface area contributed by atoms with Gasteiger partial charge in [0.2, 0.25) is 10.0 Å². The Morgan fingerprint density at radius 2 is 1.84 bits per heavy atom. The highest BCUT2D eigenvalue weighted by molar-refractivity contribution is 7.89. The van der Waals surface area contributed by atoms with E-state index in [4.69, 9.17) is 5.14 Å². The lowest BCUT2D eigenvalue weighted by Gasteiger charge is -2.11. The number of carbonyl (C=O) groups is 1. The molecular weight excluding hydrogens is 283 g/mol. The number of carbonyl (C=O) groups excluding carboxylic acids is 1. The third kappa shape index (κ3) is 4.64. The second kappa shape index (κ2) is 5.30. The lowest BCUT2D eigenvalue weighted by molar-refractivity contribution is -0.137. The maximum Gasteiger partial charge on any atom is 0.416 e. The third-order valence-corrected chi connectivity index (χ3v) is 3.28. The van der Waals surface area contributed by atoms with Crippen LogP contribution in [0.2, 0.25) is 0 Å². The SMILES string of the molecule is CC(=O)CCc1cc(C(F)(F)F)cc(S(N)(=O)=O)c1. The van der Waals surface area contributed by atoms with Crippen LogP contribution in [0.1, 0.15) is 24.5 Å². The van der Waals surface area contributed by atoms with E-state index < -0.39 is 26.7 Å². The molecule has 0 atom stereocenters. The van der Waals surface area contributed by atoms with Gasteiger partial charge in [0.15, 0.2) is 0 Å². The summed E-state index contributed by atoms with van der Waals surface area (Å²) in [6.45, 7) is 1.30. The van der Waals surface area contributed by atoms with Crippen LogP contribution in [0.5, 0.6) is 0 Å². The van der Waals surface area contributed by atoms with E-state index in [2.05, 4.69) is 0 Å². The van der Waals surface area contributed by atoms with E-state index in [1.54, 1.807) is 0 Å². The molecule has 0 radical (unpaired) electrons. The van der Waals surface area contributed by atoms with Gasteiger partial charge in [0, 0.05) is 6.42 Å². The van der Waals surface area contributed by atoms with Gasteiger partial charge in [0.05, 0.1) is 10.5 Å². The number of sulfonamides is 1. The smallest absolute Gasteiger partial charge is 0.300 e. The number of primary sulfonamides is 1. The van der Waals surface area contributed by atoms with Crippen molar-refractivity contribution in [3.8, 4) is 0 Å². The molecule has 1 aromatic rings. The first kappa shape index (κ1) is 15.6. The first-order valence-corrected chi connectivity index (χ1v) is 6.78. The number of hydrogen-bond acceptors (Lipinski definition) is 3. The second-order valence-electron chi connectivity index (χ2n) is 4.11. The van der Waals surface area contributed by atoms with Crippen molar-refractivity contribution in [3.63, 3.8) is 0 Å². The van der Waals surface area contributed by atoms with Crippen LogP contribution in [-0.4, -0.2) is 14.2 Å². The summed E-state index contributed by atoms with van der Waals surface area (Å²) in [7, 11) is -4.23. The number of hydrogen-bond donors (Lipinski definition) is 1. The molecule has 0 saturated heterocycles. The molecule has 0 amide bonds. The van der Waals surface area contributed by atoms with Gasteiger partial charge in [-0.2, -0.15) is 13.2 Å². The minimum Gasteiger partial charge on any atom is -0.300 e. The second-order valence-corrected chi connectivity index (χ2v) is 5.67. The molecule has 1 rings (SSSR count). The van der Waals surface area contributed by atoms with Crippen molar-refractivity contribution in [2.75, 3.05) is 0 Å². The van der Waals surface area contributed by atoms with Crippen molar-refractivity contribution >= 4 is 15.8 Å². The van der Waals surface area contributed by atoms with E-state index in [-0.39, 0.29) is 24.2 Å². The predicted octanol–water partition coefficient (Wildman–Crippen LogP) is 1.87. The van der Waals surface area contributed by atoms with Gasteiger partial charge >= 0.3 is 6.18 Å². The first-order chi connectivity index (χ1) is 8.50. The molecule has 0 bridgehead atoms. The third-order valence-electron chi connectivity index (χ3n) is 2.39. The van der Waals surface area contributed by atoms with Gasteiger partial charge in [-0.3, -0.25) is 0 Å². The lowest BCUT2D eigenvalue weighted by Crippen LogP contribution is -2.15. The summed E-state index contributed by atoms with van der Waals surface area (Å²) in [5.41, 5.74) is -0.994. The predicted molar refractivity (Wildman–Crippen MR) is 61.8 cm³/mol. The van der Waals surface area contributed by atoms with Gasteiger partial charge < -0.3 is 4.79 Å². The number of nitrogens with two attached hydrogens (primary N) is 1. The zero-order chi connectivity index (χ0) is 14.8. The Kier molecular flexibility index (Phi) is 4.36. The van der Waals surface area contributed by atoms with Crippen molar-refractivity contribution in [1.82, 2.24) is 0 Å². The van der Waals surface area contributed by atoms with Crippen LogP contribution in [0.4, 0.5) is 13.2 Å². The van der Waals surface area contributed by atoms with Crippen molar-refractivity contribution < 1.29 is 26.4 Å². The Morgan fingerprint density at radius 1 is 1.26 bits per heavy atom. The van der Waals surface area contributed by atoms with Crippen molar-refractivity contribution in [2.45, 2.75) is 30.8 Å². The van der Waals surface area contributed by atoms with E-state index in [1.165, 1.54) is 6.92 Å². The van der Waals surface area contributed by atoms with Crippen LogP contribution in [0, 0.1) is 0 Å². The molecule has 2 N–H and O–H groups in total. The summed E-state index contributed by atoms with van der Waals surface area (Å²) in [6.07, 6.45) is -4.61. The van der Waals surface area contributed by atoms with Crippen LogP contribution >= 0.6 is 0 Å². The van der Waals surface area contributed by atoms with E-state index >= 15 is 0 Å². The summed E-state index contributed by atoms with van der Waals surface area (Å²) < 4.78 is 60.2. The molecule has 0 spiro atoms. The zero-order valence-electron chi connectivity index (χ0n) is 9.99. The summed E-state index contributed by atoms with van der Waals surface area (Å²) in [5.74, 6) is -0.199. The monoisotopic (exact) mass is 295 g/mol. The minimum absolute atomic E-state index is 0.0295. The zero-order valence-corrected chi connectivity index (χ0v) is 10.8. The highest BCUT2D eigenvalue weighted by Gasteiger charge is 2.32. The van der Waals surface area contributed by atoms with Gasteiger partial charge in [-0.1, -0.05) is 0 Å². The Morgan fingerprint density at radius 3 is 2.26 bits per heavy atom. The van der Waals surface area contributed by atoms with Crippen molar-refractivity contribution in [1.29, 1.82) is 0 Å². The Labute approximate surface area is 108 Å². The number of halogens is 3. The topological polar surface area (TPSA) is 77.2 Å². The molecule has 19 heavy (non-hydrogen) atoms. The fourth-order valence-corrected chi connectivity index (χ4v) is 2.06. The molecule has 0 aliphatic rings. The fourth-order valence-electron chi connectivity index (χ4n) is 1.45. The molecule has 8 heteroatoms. The van der Waals surface area contributed by atoms with E-state index in [0.717, 1.165) is 12.1 Å². The van der Waals surface area contributed by atoms with Crippen molar-refractivity contribution in [2.24, 2.45) is 5.14 Å². The number of ketones is 1. The number of alkyl halides is 3. The molecule has 0 aliphatic heterocycles. The number of rotatable bonds is 4. The average Bonchev–Trinajstić information content (AvgIpc) is 2.23. The van der Waals surface area contributed by atoms with Crippen LogP contribution in [-0.2, 0) is 27.4 Å². The molecule has 1 aromatic carbocycles. The van der Waals surface area contributed by atoms with Crippen LogP contribution in [0.15, 0.2) is 23.1 Å². The van der Waals surface area contributed by atoms with Crippen LogP contribution in [0.3, 0.4) is 0 Å². The number of benzene rings is 1. The number of aryl methyl sites for hydroxylation is 1. The molecule has 0 saturated carbocycles. The molecule has 0 aliphatic carbocycles. The van der Waals surface area contributed by atoms with E-state index in [0.29, 0.717) is 6.07 Å². The van der Waals surface area contributed by atoms with Gasteiger partial charge in [-0.25, -0.2) is 13.6 Å². The first-order valence-electron chi connectivity index (χ1n) is 5.23. The van der Waals surface area contributed by atoms with Gasteiger partial charge in [0.1, 0.15) is 5.78 Å². The normalized spacial score (nSPS) is 12.5. The highest BCUT2D eigenvalue weighted by Crippen LogP contribution is 2.31. The van der Waals surface area contributed by atoms with E-state index in [1.807, 2.05) is 0 Å². The van der Waals surface area contributed by atoms with Crippen LogP contribution in [0.25, 0.3) is 0 Å².